The molecule has 3 aromatic rings. The third kappa shape index (κ3) is 6.06. The maximum Gasteiger partial charge on any atom is 0.451 e. The number of carbonyl (C=O) groups is 2. The highest BCUT2D eigenvalue weighted by atomic mass is 32.1. The Balaban J connectivity index is 1.53. The summed E-state index contributed by atoms with van der Waals surface area (Å²) in [7, 11) is 1.47. The molecule has 1 aliphatic heterocycles. The fraction of sp³-hybridized carbons (Fsp3) is 0.320. The molecule has 0 saturated carbocycles. The van der Waals surface area contributed by atoms with E-state index in [0.717, 1.165) is 16.9 Å². The van der Waals surface area contributed by atoms with Crippen LogP contribution in [0.2, 0.25) is 0 Å². The van der Waals surface area contributed by atoms with Crippen LogP contribution in [-0.4, -0.2) is 48.0 Å². The van der Waals surface area contributed by atoms with Crippen LogP contribution < -0.4 is 15.5 Å². The van der Waals surface area contributed by atoms with Gasteiger partial charge in [-0.2, -0.15) is 18.4 Å². The molecule has 2 aromatic heterocycles. The fourth-order valence-electron chi connectivity index (χ4n) is 4.08. The summed E-state index contributed by atoms with van der Waals surface area (Å²) in [5.74, 6) is -1.94. The number of amides is 2. The van der Waals surface area contributed by atoms with Gasteiger partial charge in [-0.05, 0) is 43.0 Å². The molecule has 1 aliphatic rings. The molecule has 1 saturated heterocycles. The number of rotatable bonds is 7. The zero-order valence-corrected chi connectivity index (χ0v) is 20.6. The minimum Gasteiger partial charge on any atom is -0.354 e. The average Bonchev–Trinajstić information content (AvgIpc) is 3.58. The van der Waals surface area contributed by atoms with E-state index in [0.29, 0.717) is 48.4 Å². The van der Waals surface area contributed by atoms with Gasteiger partial charge in [-0.15, -0.1) is 11.3 Å². The van der Waals surface area contributed by atoms with Crippen molar-refractivity contribution < 1.29 is 22.8 Å². The summed E-state index contributed by atoms with van der Waals surface area (Å²) in [6.07, 6.45) is -3.15. The van der Waals surface area contributed by atoms with Gasteiger partial charge < -0.3 is 15.5 Å². The van der Waals surface area contributed by atoms with E-state index in [1.807, 2.05) is 18.2 Å². The van der Waals surface area contributed by atoms with Gasteiger partial charge in [0.2, 0.25) is 11.7 Å². The van der Waals surface area contributed by atoms with Gasteiger partial charge in [-0.25, -0.2) is 9.97 Å². The van der Waals surface area contributed by atoms with Crippen molar-refractivity contribution in [3.8, 4) is 17.3 Å². The monoisotopic (exact) mass is 528 g/mol. The number of aromatic nitrogens is 2. The van der Waals surface area contributed by atoms with Gasteiger partial charge in [0.05, 0.1) is 22.2 Å². The summed E-state index contributed by atoms with van der Waals surface area (Å²) in [6, 6.07) is 11.3. The maximum absolute atomic E-state index is 13.7. The smallest absolute Gasteiger partial charge is 0.354 e. The lowest BCUT2D eigenvalue weighted by Gasteiger charge is -2.26. The lowest BCUT2D eigenvalue weighted by atomic mass is 10.1. The second kappa shape index (κ2) is 11.0. The SMILES string of the molecule is CNC(=O)c1cc(-c2cc(N3CCCC3C(=O)NCCc3ccc(C#N)cc3)nc(C(F)(F)F)n2)cs1. The number of hydrogen-bond donors (Lipinski definition) is 2. The summed E-state index contributed by atoms with van der Waals surface area (Å²) < 4.78 is 41.0. The first-order valence-corrected chi connectivity index (χ1v) is 12.4. The number of alkyl halides is 3. The van der Waals surface area contributed by atoms with Crippen LogP contribution in [0.25, 0.3) is 11.3 Å². The van der Waals surface area contributed by atoms with Gasteiger partial charge in [0, 0.05) is 37.1 Å². The Kier molecular flexibility index (Phi) is 7.73. The van der Waals surface area contributed by atoms with Crippen molar-refractivity contribution in [2.75, 3.05) is 25.0 Å². The number of carbonyl (C=O) groups excluding carboxylic acids is 2. The Morgan fingerprint density at radius 1 is 1.22 bits per heavy atom. The molecule has 1 fully saturated rings. The Labute approximate surface area is 215 Å². The number of hydrogen-bond acceptors (Lipinski definition) is 7. The molecular weight excluding hydrogens is 505 g/mol. The zero-order chi connectivity index (χ0) is 26.6. The number of halogens is 3. The first kappa shape index (κ1) is 26.1. The predicted molar refractivity (Wildman–Crippen MR) is 132 cm³/mol. The Bertz CT molecular complexity index is 1330. The molecule has 2 amide bonds. The summed E-state index contributed by atoms with van der Waals surface area (Å²) >= 11 is 1.10. The Morgan fingerprint density at radius 3 is 2.65 bits per heavy atom. The number of nitriles is 1. The molecule has 1 unspecified atom stereocenters. The zero-order valence-electron chi connectivity index (χ0n) is 19.8. The van der Waals surface area contributed by atoms with Crippen LogP contribution in [0.1, 0.15) is 39.5 Å². The molecule has 0 radical (unpaired) electrons. The molecule has 37 heavy (non-hydrogen) atoms. The van der Waals surface area contributed by atoms with Crippen LogP contribution in [-0.2, 0) is 17.4 Å². The van der Waals surface area contributed by atoms with Crippen molar-refractivity contribution in [1.82, 2.24) is 20.6 Å². The van der Waals surface area contributed by atoms with Gasteiger partial charge in [-0.1, -0.05) is 12.1 Å². The molecule has 1 aromatic carbocycles. The number of thiophene rings is 1. The first-order valence-electron chi connectivity index (χ1n) is 11.5. The predicted octanol–water partition coefficient (Wildman–Crippen LogP) is 3.78. The van der Waals surface area contributed by atoms with Crippen molar-refractivity contribution in [2.24, 2.45) is 0 Å². The highest BCUT2D eigenvalue weighted by Crippen LogP contribution is 2.34. The molecule has 192 valence electrons. The largest absolute Gasteiger partial charge is 0.451 e. The van der Waals surface area contributed by atoms with Crippen LogP contribution >= 0.6 is 11.3 Å². The number of nitrogens with one attached hydrogen (secondary N) is 2. The molecule has 4 rings (SSSR count). The average molecular weight is 529 g/mol. The molecule has 8 nitrogen and oxygen atoms in total. The minimum atomic E-state index is -4.79. The van der Waals surface area contributed by atoms with Crippen LogP contribution in [0.4, 0.5) is 19.0 Å². The Morgan fingerprint density at radius 2 is 1.97 bits per heavy atom. The molecule has 2 N–H and O–H groups in total. The molecular formula is C25H23F3N6O2S. The summed E-state index contributed by atoms with van der Waals surface area (Å²) in [5, 5.41) is 15.8. The third-order valence-corrected chi connectivity index (χ3v) is 6.89. The summed E-state index contributed by atoms with van der Waals surface area (Å²) in [6.45, 7) is 0.712. The number of nitrogens with zero attached hydrogens (tertiary/aromatic N) is 4. The minimum absolute atomic E-state index is 0.00904. The second-order valence-electron chi connectivity index (χ2n) is 8.41. The van der Waals surface area contributed by atoms with Crippen molar-refractivity contribution >= 4 is 29.0 Å². The molecule has 0 bridgehead atoms. The maximum atomic E-state index is 13.7. The summed E-state index contributed by atoms with van der Waals surface area (Å²) in [5.41, 5.74) is 1.88. The third-order valence-electron chi connectivity index (χ3n) is 5.96. The first-order chi connectivity index (χ1) is 17.7. The molecule has 1 atom stereocenters. The van der Waals surface area contributed by atoms with Crippen LogP contribution in [0.15, 0.2) is 41.8 Å². The Hall–Kier alpha value is -3.98. The van der Waals surface area contributed by atoms with Crippen molar-refractivity contribution in [3.05, 3.63) is 63.6 Å². The van der Waals surface area contributed by atoms with Crippen LogP contribution in [0.5, 0.6) is 0 Å². The number of anilines is 1. The normalized spacial score (nSPS) is 15.3. The van der Waals surface area contributed by atoms with Crippen LogP contribution in [0, 0.1) is 11.3 Å². The van der Waals surface area contributed by atoms with E-state index in [9.17, 15) is 22.8 Å². The van der Waals surface area contributed by atoms with E-state index < -0.39 is 18.0 Å². The van der Waals surface area contributed by atoms with Crippen molar-refractivity contribution in [2.45, 2.75) is 31.5 Å². The van der Waals surface area contributed by atoms with Gasteiger partial charge in [-0.3, -0.25) is 9.59 Å². The second-order valence-corrected chi connectivity index (χ2v) is 9.32. The molecule has 0 aliphatic carbocycles. The lowest BCUT2D eigenvalue weighted by molar-refractivity contribution is -0.144. The fourth-order valence-corrected chi connectivity index (χ4v) is 4.92. The quantitative estimate of drug-likeness (QED) is 0.483. The molecule has 12 heteroatoms. The number of benzene rings is 1. The van der Waals surface area contributed by atoms with E-state index in [2.05, 4.69) is 20.6 Å². The lowest BCUT2D eigenvalue weighted by Crippen LogP contribution is -2.44. The van der Waals surface area contributed by atoms with E-state index in [1.165, 1.54) is 19.2 Å². The van der Waals surface area contributed by atoms with Gasteiger partial charge >= 0.3 is 6.18 Å². The van der Waals surface area contributed by atoms with Gasteiger partial charge in [0.1, 0.15) is 11.9 Å². The highest BCUT2D eigenvalue weighted by Gasteiger charge is 2.38. The van der Waals surface area contributed by atoms with E-state index >= 15 is 0 Å². The van der Waals surface area contributed by atoms with Crippen LogP contribution in [0.3, 0.4) is 0 Å². The molecule has 3 heterocycles. The highest BCUT2D eigenvalue weighted by molar-refractivity contribution is 7.12. The van der Waals surface area contributed by atoms with E-state index in [-0.39, 0.29) is 23.3 Å². The topological polar surface area (TPSA) is 111 Å². The van der Waals surface area contributed by atoms with Gasteiger partial charge in [0.15, 0.2) is 0 Å². The van der Waals surface area contributed by atoms with E-state index in [4.69, 9.17) is 5.26 Å². The molecule has 0 spiro atoms. The van der Waals surface area contributed by atoms with Crippen molar-refractivity contribution in [3.63, 3.8) is 0 Å². The summed E-state index contributed by atoms with van der Waals surface area (Å²) in [4.78, 5) is 34.2. The van der Waals surface area contributed by atoms with Gasteiger partial charge in [0.25, 0.3) is 5.91 Å². The van der Waals surface area contributed by atoms with Crippen molar-refractivity contribution in [1.29, 1.82) is 5.26 Å². The van der Waals surface area contributed by atoms with E-state index in [1.54, 1.807) is 22.4 Å². The standard InChI is InChI=1S/C25H23F3N6O2S/c1-30-23(36)20-11-17(14-37-20)18-12-21(33-24(32-18)25(26,27)28)34-10-2-3-19(34)22(35)31-9-8-15-4-6-16(13-29)7-5-15/h4-7,11-12,14,19H,2-3,8-10H2,1H3,(H,30,36)(H,31,35).